The van der Waals surface area contributed by atoms with Gasteiger partial charge in [0.25, 0.3) is 0 Å². The van der Waals surface area contributed by atoms with Crippen LogP contribution in [0.3, 0.4) is 0 Å². The van der Waals surface area contributed by atoms with Crippen LogP contribution in [0, 0.1) is 0 Å². The highest BCUT2D eigenvalue weighted by molar-refractivity contribution is 6.09. The minimum atomic E-state index is 0.190. The molecule has 0 fully saturated rings. The minimum Gasteiger partial charge on any atom is -0.383 e. The van der Waals surface area contributed by atoms with Gasteiger partial charge >= 0.3 is 0 Å². The lowest BCUT2D eigenvalue weighted by Gasteiger charge is -2.03. The van der Waals surface area contributed by atoms with Crippen LogP contribution in [0.1, 0.15) is 19.9 Å². The standard InChI is InChI=1S/C12H14N6/c1-6(2)18-5-7-8(17-18)3-4-9-10(7)11(13)16-12(14)15-9/h3-6H,1-2H3,(H4,13,14,15,16). The Hall–Kier alpha value is -2.37. The van der Waals surface area contributed by atoms with Gasteiger partial charge in [-0.1, -0.05) is 0 Å². The number of fused-ring (bicyclic) bond motifs is 3. The van der Waals surface area contributed by atoms with Gasteiger partial charge in [0.1, 0.15) is 5.82 Å². The van der Waals surface area contributed by atoms with Gasteiger partial charge in [0.05, 0.1) is 16.4 Å². The van der Waals surface area contributed by atoms with Gasteiger partial charge in [0.15, 0.2) is 0 Å². The van der Waals surface area contributed by atoms with E-state index in [1.54, 1.807) is 0 Å². The molecule has 0 unspecified atom stereocenters. The van der Waals surface area contributed by atoms with E-state index in [1.807, 2.05) is 23.0 Å². The van der Waals surface area contributed by atoms with E-state index < -0.39 is 0 Å². The van der Waals surface area contributed by atoms with Crippen LogP contribution in [0.5, 0.6) is 0 Å². The second-order valence-electron chi connectivity index (χ2n) is 4.56. The summed E-state index contributed by atoms with van der Waals surface area (Å²) in [5.41, 5.74) is 13.2. The SMILES string of the molecule is CC(C)n1cc2c(ccc3nc(N)nc(N)c32)n1. The number of anilines is 2. The Balaban J connectivity index is 2.44. The lowest BCUT2D eigenvalue weighted by atomic mass is 10.1. The number of rotatable bonds is 1. The van der Waals surface area contributed by atoms with Crippen LogP contribution < -0.4 is 11.5 Å². The third-order valence-corrected chi connectivity index (χ3v) is 2.94. The molecular formula is C12H14N6. The molecule has 3 aromatic rings. The summed E-state index contributed by atoms with van der Waals surface area (Å²) in [6.45, 7) is 4.15. The van der Waals surface area contributed by atoms with Gasteiger partial charge in [-0.2, -0.15) is 10.1 Å². The fourth-order valence-electron chi connectivity index (χ4n) is 2.06. The Morgan fingerprint density at radius 2 is 1.83 bits per heavy atom. The second-order valence-corrected chi connectivity index (χ2v) is 4.56. The van der Waals surface area contributed by atoms with Crippen molar-refractivity contribution in [3.05, 3.63) is 18.3 Å². The zero-order valence-electron chi connectivity index (χ0n) is 10.3. The van der Waals surface area contributed by atoms with Crippen LogP contribution in [0.15, 0.2) is 18.3 Å². The predicted molar refractivity (Wildman–Crippen MR) is 72.0 cm³/mol. The molecule has 2 heterocycles. The smallest absolute Gasteiger partial charge is 0.222 e. The zero-order valence-corrected chi connectivity index (χ0v) is 10.3. The van der Waals surface area contributed by atoms with E-state index in [0.717, 1.165) is 21.8 Å². The van der Waals surface area contributed by atoms with Gasteiger partial charge in [-0.15, -0.1) is 0 Å². The third-order valence-electron chi connectivity index (χ3n) is 2.94. The highest BCUT2D eigenvalue weighted by atomic mass is 15.3. The molecule has 0 saturated heterocycles. The average molecular weight is 242 g/mol. The van der Waals surface area contributed by atoms with Crippen LogP contribution in [-0.2, 0) is 0 Å². The first-order valence-corrected chi connectivity index (χ1v) is 5.77. The molecule has 92 valence electrons. The molecule has 0 saturated carbocycles. The van der Waals surface area contributed by atoms with Crippen molar-refractivity contribution in [2.75, 3.05) is 11.5 Å². The van der Waals surface area contributed by atoms with Crippen molar-refractivity contribution in [1.82, 2.24) is 19.7 Å². The molecule has 0 spiro atoms. The summed E-state index contributed by atoms with van der Waals surface area (Å²) < 4.78 is 1.90. The first-order chi connectivity index (χ1) is 8.56. The molecule has 0 radical (unpaired) electrons. The van der Waals surface area contributed by atoms with Gasteiger partial charge in [-0.3, -0.25) is 4.68 Å². The van der Waals surface area contributed by atoms with E-state index in [9.17, 15) is 0 Å². The summed E-state index contributed by atoms with van der Waals surface area (Å²) in [5, 5.41) is 6.27. The predicted octanol–water partition coefficient (Wildman–Crippen LogP) is 1.72. The van der Waals surface area contributed by atoms with E-state index in [1.165, 1.54) is 0 Å². The maximum Gasteiger partial charge on any atom is 0.222 e. The molecule has 6 nitrogen and oxygen atoms in total. The van der Waals surface area contributed by atoms with E-state index in [2.05, 4.69) is 28.9 Å². The Morgan fingerprint density at radius 3 is 2.56 bits per heavy atom. The first-order valence-electron chi connectivity index (χ1n) is 5.77. The monoisotopic (exact) mass is 242 g/mol. The fraction of sp³-hybridized carbons (Fsp3) is 0.250. The molecule has 0 aliphatic carbocycles. The van der Waals surface area contributed by atoms with E-state index in [4.69, 9.17) is 11.5 Å². The summed E-state index contributed by atoms with van der Waals surface area (Å²) in [7, 11) is 0. The molecule has 6 heteroatoms. The van der Waals surface area contributed by atoms with Crippen molar-refractivity contribution in [3.8, 4) is 0 Å². The lowest BCUT2D eigenvalue weighted by Crippen LogP contribution is -2.00. The molecule has 1 aromatic carbocycles. The molecule has 4 N–H and O–H groups in total. The zero-order chi connectivity index (χ0) is 12.9. The van der Waals surface area contributed by atoms with Gasteiger partial charge in [0, 0.05) is 17.6 Å². The molecule has 0 amide bonds. The largest absolute Gasteiger partial charge is 0.383 e. The molecule has 2 aromatic heterocycles. The van der Waals surface area contributed by atoms with Crippen molar-refractivity contribution >= 4 is 33.6 Å². The number of nitrogens with two attached hydrogens (primary N) is 2. The Bertz CT molecular complexity index is 743. The molecule has 0 atom stereocenters. The Morgan fingerprint density at radius 1 is 1.11 bits per heavy atom. The van der Waals surface area contributed by atoms with E-state index in [-0.39, 0.29) is 5.95 Å². The number of nitrogens with zero attached hydrogens (tertiary/aromatic N) is 4. The van der Waals surface area contributed by atoms with E-state index in [0.29, 0.717) is 11.9 Å². The van der Waals surface area contributed by atoms with Gasteiger partial charge in [-0.25, -0.2) is 4.98 Å². The summed E-state index contributed by atoms with van der Waals surface area (Å²) in [6, 6.07) is 4.08. The maximum absolute atomic E-state index is 5.94. The molecule has 0 aliphatic rings. The summed E-state index contributed by atoms with van der Waals surface area (Å²) in [4.78, 5) is 8.20. The molecule has 0 bridgehead atoms. The average Bonchev–Trinajstić information content (AvgIpc) is 2.71. The first kappa shape index (κ1) is 10.8. The van der Waals surface area contributed by atoms with Crippen molar-refractivity contribution in [1.29, 1.82) is 0 Å². The Kier molecular flexibility index (Phi) is 2.13. The van der Waals surface area contributed by atoms with Crippen LogP contribution in [0.25, 0.3) is 21.8 Å². The summed E-state index contributed by atoms with van der Waals surface area (Å²) >= 11 is 0. The van der Waals surface area contributed by atoms with Crippen molar-refractivity contribution in [2.24, 2.45) is 0 Å². The van der Waals surface area contributed by atoms with Crippen molar-refractivity contribution in [2.45, 2.75) is 19.9 Å². The van der Waals surface area contributed by atoms with Gasteiger partial charge < -0.3 is 11.5 Å². The van der Waals surface area contributed by atoms with Gasteiger partial charge in [0.2, 0.25) is 5.95 Å². The van der Waals surface area contributed by atoms with Crippen LogP contribution in [-0.4, -0.2) is 19.7 Å². The van der Waals surface area contributed by atoms with Crippen LogP contribution in [0.4, 0.5) is 11.8 Å². The molecular weight excluding hydrogens is 228 g/mol. The molecule has 0 aliphatic heterocycles. The molecule has 3 rings (SSSR count). The number of aromatic nitrogens is 4. The second kappa shape index (κ2) is 3.56. The van der Waals surface area contributed by atoms with E-state index >= 15 is 0 Å². The fourth-order valence-corrected chi connectivity index (χ4v) is 2.06. The topological polar surface area (TPSA) is 95.6 Å². The van der Waals surface area contributed by atoms with Gasteiger partial charge in [-0.05, 0) is 26.0 Å². The van der Waals surface area contributed by atoms with Crippen molar-refractivity contribution < 1.29 is 0 Å². The summed E-state index contributed by atoms with van der Waals surface area (Å²) in [5.74, 6) is 0.585. The van der Waals surface area contributed by atoms with Crippen molar-refractivity contribution in [3.63, 3.8) is 0 Å². The number of hydrogen-bond acceptors (Lipinski definition) is 5. The van der Waals surface area contributed by atoms with Crippen LogP contribution >= 0.6 is 0 Å². The Labute approximate surface area is 104 Å². The number of hydrogen-bond donors (Lipinski definition) is 2. The molecule has 18 heavy (non-hydrogen) atoms. The minimum absolute atomic E-state index is 0.190. The van der Waals surface area contributed by atoms with Crippen LogP contribution in [0.2, 0.25) is 0 Å². The maximum atomic E-state index is 5.94. The number of benzene rings is 1. The lowest BCUT2D eigenvalue weighted by molar-refractivity contribution is 0.537. The highest BCUT2D eigenvalue weighted by Crippen LogP contribution is 2.28. The normalized spacial score (nSPS) is 11.7. The quantitative estimate of drug-likeness (QED) is 0.677. The summed E-state index contributed by atoms with van der Waals surface area (Å²) in [6.07, 6.45) is 1.97. The third kappa shape index (κ3) is 1.46. The number of nitrogen functional groups attached to an aromatic ring is 2. The highest BCUT2D eigenvalue weighted by Gasteiger charge is 2.11.